The van der Waals surface area contributed by atoms with E-state index in [2.05, 4.69) is 6.92 Å². The molecule has 9 unspecified atom stereocenters. The van der Waals surface area contributed by atoms with E-state index in [4.69, 9.17) is 18.9 Å². The van der Waals surface area contributed by atoms with Gasteiger partial charge >= 0.3 is 5.97 Å². The van der Waals surface area contributed by atoms with Crippen LogP contribution in [0.15, 0.2) is 0 Å². The summed E-state index contributed by atoms with van der Waals surface area (Å²) in [5.74, 6) is -2.83. The molecule has 0 aliphatic carbocycles. The smallest absolute Gasteiger partial charge is 0.305 e. The van der Waals surface area contributed by atoms with Crippen molar-refractivity contribution in [3.05, 3.63) is 0 Å². The Balaban J connectivity index is 1.69. The van der Waals surface area contributed by atoms with Gasteiger partial charge in [-0.25, -0.2) is 0 Å². The minimum absolute atomic E-state index is 0.121. The molecule has 0 saturated carbocycles. The van der Waals surface area contributed by atoms with Crippen LogP contribution in [0.3, 0.4) is 0 Å². The molecule has 2 heterocycles. The first-order valence-electron chi connectivity index (χ1n) is 16.0. The highest BCUT2D eigenvalue weighted by Crippen LogP contribution is 2.36. The molecule has 12 nitrogen and oxygen atoms in total. The van der Waals surface area contributed by atoms with Crippen LogP contribution < -0.4 is 0 Å². The Morgan fingerprint density at radius 2 is 1.17 bits per heavy atom. The van der Waals surface area contributed by atoms with Gasteiger partial charge in [0.05, 0.1) is 13.2 Å². The number of carbonyl (C=O) groups is 1. The van der Waals surface area contributed by atoms with Crippen LogP contribution in [0.1, 0.15) is 110 Å². The van der Waals surface area contributed by atoms with Crippen molar-refractivity contribution in [3.63, 3.8) is 0 Å². The van der Waals surface area contributed by atoms with E-state index < -0.39 is 80.6 Å². The number of hydrogen-bond donors (Lipinski definition) is 7. The molecule has 2 rings (SSSR count). The summed E-state index contributed by atoms with van der Waals surface area (Å²) < 4.78 is 21.8. The standard InChI is InChI=1S/C30H56O12/c1-2-3-4-5-6-7-8-9-10-11-12-13-14-15-16-17-23(33)39-20-30(28(38)25(35)22(19-32)41-30)42-29-27(37)26(36)24(34)21(18-31)40-29/h21-22,24-29,31-32,34-38H,2-20H2,1H3. The molecule has 0 amide bonds. The fraction of sp³-hybridized carbons (Fsp3) is 0.967. The van der Waals surface area contributed by atoms with Crippen molar-refractivity contribution in [2.24, 2.45) is 0 Å². The van der Waals surface area contributed by atoms with Crippen LogP contribution >= 0.6 is 0 Å². The number of unbranched alkanes of at least 4 members (excludes halogenated alkanes) is 14. The van der Waals surface area contributed by atoms with Crippen molar-refractivity contribution in [2.75, 3.05) is 19.8 Å². The SMILES string of the molecule is CCCCCCCCCCCCCCCCCC(=O)OCC1(OC2OC(CO)C(O)C(O)C2O)OC(CO)C(O)C1O. The second-order valence-corrected chi connectivity index (χ2v) is 11.8. The van der Waals surface area contributed by atoms with E-state index in [-0.39, 0.29) is 6.42 Å². The van der Waals surface area contributed by atoms with Crippen molar-refractivity contribution in [2.45, 2.75) is 164 Å². The van der Waals surface area contributed by atoms with Gasteiger partial charge in [-0.15, -0.1) is 0 Å². The van der Waals surface area contributed by atoms with Crippen molar-refractivity contribution in [1.82, 2.24) is 0 Å². The van der Waals surface area contributed by atoms with E-state index in [1.165, 1.54) is 70.6 Å². The molecule has 0 aromatic carbocycles. The summed E-state index contributed by atoms with van der Waals surface area (Å²) >= 11 is 0. The van der Waals surface area contributed by atoms with Crippen LogP contribution in [-0.2, 0) is 23.7 Å². The highest BCUT2D eigenvalue weighted by Gasteiger charge is 2.59. The van der Waals surface area contributed by atoms with Gasteiger partial charge in [0, 0.05) is 6.42 Å². The van der Waals surface area contributed by atoms with Crippen LogP contribution in [0.5, 0.6) is 0 Å². The molecule has 42 heavy (non-hydrogen) atoms. The second-order valence-electron chi connectivity index (χ2n) is 11.8. The summed E-state index contributed by atoms with van der Waals surface area (Å²) in [6, 6.07) is 0. The number of aliphatic hydroxyl groups is 7. The average Bonchev–Trinajstić information content (AvgIpc) is 3.23. The quantitative estimate of drug-likeness (QED) is 0.0691. The molecule has 0 radical (unpaired) electrons. The van der Waals surface area contributed by atoms with Crippen molar-refractivity contribution in [3.8, 4) is 0 Å². The first-order chi connectivity index (χ1) is 20.2. The van der Waals surface area contributed by atoms with Crippen molar-refractivity contribution in [1.29, 1.82) is 0 Å². The fourth-order valence-corrected chi connectivity index (χ4v) is 5.51. The Hall–Kier alpha value is -0.930. The van der Waals surface area contributed by atoms with Gasteiger partial charge < -0.3 is 54.7 Å². The third-order valence-corrected chi connectivity index (χ3v) is 8.27. The lowest BCUT2D eigenvalue weighted by Gasteiger charge is -2.43. The number of aliphatic hydroxyl groups excluding tert-OH is 7. The monoisotopic (exact) mass is 608 g/mol. The zero-order valence-electron chi connectivity index (χ0n) is 25.2. The first-order valence-corrected chi connectivity index (χ1v) is 16.0. The van der Waals surface area contributed by atoms with Crippen LogP contribution in [0.2, 0.25) is 0 Å². The van der Waals surface area contributed by atoms with Gasteiger partial charge in [-0.05, 0) is 6.42 Å². The summed E-state index contributed by atoms with van der Waals surface area (Å²) in [7, 11) is 0. The Kier molecular flexibility index (Phi) is 17.9. The van der Waals surface area contributed by atoms with Crippen LogP contribution in [-0.4, -0.2) is 116 Å². The third-order valence-electron chi connectivity index (χ3n) is 8.27. The van der Waals surface area contributed by atoms with Gasteiger partial charge in [-0.3, -0.25) is 4.79 Å². The third kappa shape index (κ3) is 11.5. The zero-order chi connectivity index (χ0) is 31.0. The lowest BCUT2D eigenvalue weighted by molar-refractivity contribution is -0.383. The Bertz CT molecular complexity index is 724. The highest BCUT2D eigenvalue weighted by molar-refractivity contribution is 5.69. The van der Waals surface area contributed by atoms with Crippen molar-refractivity contribution < 1.29 is 59.5 Å². The van der Waals surface area contributed by atoms with Gasteiger partial charge in [0.25, 0.3) is 0 Å². The molecule has 2 saturated heterocycles. The topological polar surface area (TPSA) is 196 Å². The lowest BCUT2D eigenvalue weighted by atomic mass is 9.99. The molecule has 7 N–H and O–H groups in total. The maximum atomic E-state index is 12.5. The minimum atomic E-state index is -2.24. The number of carbonyl (C=O) groups excluding carboxylic acids is 1. The number of ether oxygens (including phenoxy) is 4. The maximum absolute atomic E-state index is 12.5. The largest absolute Gasteiger partial charge is 0.460 e. The Morgan fingerprint density at radius 3 is 1.64 bits per heavy atom. The molecule has 0 bridgehead atoms. The van der Waals surface area contributed by atoms with E-state index in [0.29, 0.717) is 6.42 Å². The van der Waals surface area contributed by atoms with E-state index in [0.717, 1.165) is 19.3 Å². The normalized spacial score (nSPS) is 33.2. The molecule has 0 spiro atoms. The number of esters is 1. The predicted octanol–water partition coefficient (Wildman–Crippen LogP) is 1.42. The van der Waals surface area contributed by atoms with E-state index in [1.54, 1.807) is 0 Å². The summed E-state index contributed by atoms with van der Waals surface area (Å²) in [6.45, 7) is 0.137. The molecule has 12 heteroatoms. The molecular formula is C30H56O12. The molecule has 248 valence electrons. The summed E-state index contributed by atoms with van der Waals surface area (Å²) in [5.41, 5.74) is 0. The molecule has 2 aliphatic heterocycles. The van der Waals surface area contributed by atoms with Gasteiger partial charge in [-0.1, -0.05) is 96.8 Å². The van der Waals surface area contributed by atoms with E-state index >= 15 is 0 Å². The number of hydrogen-bond acceptors (Lipinski definition) is 12. The lowest BCUT2D eigenvalue weighted by Crippen LogP contribution is -2.62. The predicted molar refractivity (Wildman–Crippen MR) is 152 cm³/mol. The van der Waals surface area contributed by atoms with E-state index in [9.17, 15) is 40.5 Å². The average molecular weight is 609 g/mol. The minimum Gasteiger partial charge on any atom is -0.460 e. The molecule has 0 aromatic rings. The molecular weight excluding hydrogens is 552 g/mol. The Labute approximate surface area is 249 Å². The summed E-state index contributed by atoms with van der Waals surface area (Å²) in [6.07, 6.45) is 5.12. The van der Waals surface area contributed by atoms with Gasteiger partial charge in [0.15, 0.2) is 6.29 Å². The Morgan fingerprint density at radius 1 is 0.667 bits per heavy atom. The van der Waals surface area contributed by atoms with E-state index in [1.807, 2.05) is 0 Å². The molecule has 0 aromatic heterocycles. The number of rotatable bonds is 22. The van der Waals surface area contributed by atoms with Crippen LogP contribution in [0, 0.1) is 0 Å². The van der Waals surface area contributed by atoms with Crippen LogP contribution in [0.25, 0.3) is 0 Å². The zero-order valence-corrected chi connectivity index (χ0v) is 25.2. The van der Waals surface area contributed by atoms with Gasteiger partial charge in [0.2, 0.25) is 5.79 Å². The highest BCUT2D eigenvalue weighted by atomic mass is 16.8. The molecule has 2 aliphatic rings. The van der Waals surface area contributed by atoms with Gasteiger partial charge in [0.1, 0.15) is 49.3 Å². The van der Waals surface area contributed by atoms with Crippen LogP contribution in [0.4, 0.5) is 0 Å². The maximum Gasteiger partial charge on any atom is 0.305 e. The summed E-state index contributed by atoms with van der Waals surface area (Å²) in [5, 5.41) is 70.4. The second kappa shape index (κ2) is 20.2. The summed E-state index contributed by atoms with van der Waals surface area (Å²) in [4.78, 5) is 12.5. The van der Waals surface area contributed by atoms with Gasteiger partial charge in [-0.2, -0.15) is 0 Å². The van der Waals surface area contributed by atoms with Crippen molar-refractivity contribution >= 4 is 5.97 Å². The molecule has 2 fully saturated rings. The fourth-order valence-electron chi connectivity index (χ4n) is 5.51. The first kappa shape index (κ1) is 37.3. The molecule has 9 atom stereocenters.